The zero-order valence-electron chi connectivity index (χ0n) is 14.0. The number of carbonyl (C=O) groups excluding carboxylic acids is 2. The van der Waals surface area contributed by atoms with E-state index < -0.39 is 0 Å². The second kappa shape index (κ2) is 6.66. The molecule has 7 nitrogen and oxygen atoms in total. The lowest BCUT2D eigenvalue weighted by molar-refractivity contribution is -0.128. The van der Waals surface area contributed by atoms with Crippen LogP contribution in [-0.4, -0.2) is 37.8 Å². The molecule has 0 bridgehead atoms. The lowest BCUT2D eigenvalue weighted by atomic mass is 10.1. The van der Waals surface area contributed by atoms with E-state index in [1.54, 1.807) is 17.3 Å². The van der Waals surface area contributed by atoms with Crippen LogP contribution >= 0.6 is 0 Å². The fourth-order valence-electron chi connectivity index (χ4n) is 3.53. The topological polar surface area (TPSA) is 80.1 Å². The van der Waals surface area contributed by atoms with Gasteiger partial charge in [-0.2, -0.15) is 0 Å². The average molecular weight is 339 g/mol. The van der Waals surface area contributed by atoms with Gasteiger partial charge in [0.2, 0.25) is 11.8 Å². The fourth-order valence-corrected chi connectivity index (χ4v) is 3.53. The molecule has 2 aliphatic rings. The molecule has 1 atom stereocenters. The van der Waals surface area contributed by atoms with Crippen LogP contribution in [0.15, 0.2) is 30.6 Å². The highest BCUT2D eigenvalue weighted by molar-refractivity contribution is 5.96. The van der Waals surface area contributed by atoms with Gasteiger partial charge in [0.25, 0.3) is 0 Å². The van der Waals surface area contributed by atoms with E-state index in [2.05, 4.69) is 19.9 Å². The number of imidazole rings is 1. The molecule has 1 unspecified atom stereocenters. The lowest BCUT2D eigenvalue weighted by Gasteiger charge is -2.18. The first-order valence-electron chi connectivity index (χ1n) is 8.73. The summed E-state index contributed by atoms with van der Waals surface area (Å²) < 4.78 is 2.07. The van der Waals surface area contributed by atoms with Crippen molar-refractivity contribution in [1.29, 1.82) is 0 Å². The smallest absolute Gasteiger partial charge is 0.230 e. The summed E-state index contributed by atoms with van der Waals surface area (Å²) in [6.45, 7) is 1.77. The molecule has 4 rings (SSSR count). The van der Waals surface area contributed by atoms with E-state index in [1.807, 2.05) is 18.2 Å². The number of nitrogens with one attached hydrogen (secondary N) is 1. The molecule has 4 heterocycles. The fraction of sp³-hybridized carbons (Fsp3) is 0.444. The number of pyridine rings is 1. The summed E-state index contributed by atoms with van der Waals surface area (Å²) in [6.07, 6.45) is 6.88. The van der Waals surface area contributed by atoms with Gasteiger partial charge in [-0.15, -0.1) is 0 Å². The standard InChI is InChI=1S/C18H21N5O2/c24-17-9-13(11-22(17)12-14-5-1-3-7-19-14)18(25)21-16-10-20-15-6-2-4-8-23(15)16/h1,3,5,7,10,13H,2,4,6,8-9,11-12H2,(H,21,25). The Labute approximate surface area is 146 Å². The predicted octanol–water partition coefficient (Wildman–Crippen LogP) is 1.60. The summed E-state index contributed by atoms with van der Waals surface area (Å²) in [7, 11) is 0. The largest absolute Gasteiger partial charge is 0.336 e. The Morgan fingerprint density at radius 1 is 1.28 bits per heavy atom. The Bertz CT molecular complexity index is 786. The molecule has 25 heavy (non-hydrogen) atoms. The second-order valence-electron chi connectivity index (χ2n) is 6.65. The van der Waals surface area contributed by atoms with Crippen molar-refractivity contribution in [1.82, 2.24) is 19.4 Å². The van der Waals surface area contributed by atoms with E-state index >= 15 is 0 Å². The third-order valence-corrected chi connectivity index (χ3v) is 4.89. The summed E-state index contributed by atoms with van der Waals surface area (Å²) >= 11 is 0. The highest BCUT2D eigenvalue weighted by Crippen LogP contribution is 2.23. The number of aryl methyl sites for hydroxylation is 1. The van der Waals surface area contributed by atoms with E-state index in [0.29, 0.717) is 13.1 Å². The van der Waals surface area contributed by atoms with Crippen molar-refractivity contribution >= 4 is 17.6 Å². The number of carbonyl (C=O) groups is 2. The van der Waals surface area contributed by atoms with Gasteiger partial charge >= 0.3 is 0 Å². The molecule has 2 aromatic heterocycles. The van der Waals surface area contributed by atoms with E-state index in [1.165, 1.54) is 0 Å². The molecule has 130 valence electrons. The number of aromatic nitrogens is 3. The van der Waals surface area contributed by atoms with Gasteiger partial charge in [0.05, 0.1) is 24.4 Å². The number of nitrogens with zero attached hydrogens (tertiary/aromatic N) is 4. The van der Waals surface area contributed by atoms with Crippen LogP contribution < -0.4 is 5.32 Å². The number of likely N-dealkylation sites (tertiary alicyclic amines) is 1. The van der Waals surface area contributed by atoms with Crippen molar-refractivity contribution in [2.45, 2.75) is 38.8 Å². The summed E-state index contributed by atoms with van der Waals surface area (Å²) in [5.74, 6) is 1.34. The van der Waals surface area contributed by atoms with Crippen molar-refractivity contribution in [3.63, 3.8) is 0 Å². The Morgan fingerprint density at radius 3 is 3.04 bits per heavy atom. The summed E-state index contributed by atoms with van der Waals surface area (Å²) in [5, 5.41) is 2.96. The van der Waals surface area contributed by atoms with Gasteiger partial charge in [-0.3, -0.25) is 14.6 Å². The minimum Gasteiger partial charge on any atom is -0.336 e. The first-order chi connectivity index (χ1) is 12.2. The van der Waals surface area contributed by atoms with Crippen LogP contribution in [0.2, 0.25) is 0 Å². The normalized spacial score (nSPS) is 19.8. The molecule has 0 saturated carbocycles. The van der Waals surface area contributed by atoms with Gasteiger partial charge in [-0.05, 0) is 25.0 Å². The van der Waals surface area contributed by atoms with Gasteiger partial charge in [0.15, 0.2) is 0 Å². The third kappa shape index (κ3) is 3.26. The van der Waals surface area contributed by atoms with Crippen molar-refractivity contribution in [2.75, 3.05) is 11.9 Å². The minimum atomic E-state index is -0.328. The number of rotatable bonds is 4. The van der Waals surface area contributed by atoms with Gasteiger partial charge < -0.3 is 14.8 Å². The monoisotopic (exact) mass is 339 g/mol. The van der Waals surface area contributed by atoms with Crippen LogP contribution in [0.25, 0.3) is 0 Å². The summed E-state index contributed by atoms with van der Waals surface area (Å²) in [5.41, 5.74) is 0.835. The van der Waals surface area contributed by atoms with E-state index in [4.69, 9.17) is 0 Å². The molecule has 1 fully saturated rings. The van der Waals surface area contributed by atoms with E-state index in [-0.39, 0.29) is 24.2 Å². The molecule has 0 spiro atoms. The molecule has 7 heteroatoms. The molecular formula is C18H21N5O2. The highest BCUT2D eigenvalue weighted by Gasteiger charge is 2.35. The van der Waals surface area contributed by atoms with Crippen LogP contribution in [0, 0.1) is 5.92 Å². The quantitative estimate of drug-likeness (QED) is 0.917. The van der Waals surface area contributed by atoms with Gasteiger partial charge in [0.1, 0.15) is 11.6 Å². The molecular weight excluding hydrogens is 318 g/mol. The summed E-state index contributed by atoms with van der Waals surface area (Å²) in [6, 6.07) is 5.63. The number of anilines is 1. The maximum atomic E-state index is 12.6. The molecule has 2 aromatic rings. The number of amides is 2. The van der Waals surface area contributed by atoms with Crippen molar-refractivity contribution < 1.29 is 9.59 Å². The molecule has 0 radical (unpaired) electrons. The van der Waals surface area contributed by atoms with Crippen molar-refractivity contribution in [3.05, 3.63) is 42.1 Å². The minimum absolute atomic E-state index is 0.00103. The van der Waals surface area contributed by atoms with Crippen LogP contribution in [0.3, 0.4) is 0 Å². The Hall–Kier alpha value is -2.70. The highest BCUT2D eigenvalue weighted by atomic mass is 16.2. The predicted molar refractivity (Wildman–Crippen MR) is 91.6 cm³/mol. The zero-order chi connectivity index (χ0) is 17.2. The average Bonchev–Trinajstić information content (AvgIpc) is 3.20. The van der Waals surface area contributed by atoms with Gasteiger partial charge in [-0.1, -0.05) is 6.07 Å². The maximum absolute atomic E-state index is 12.6. The SMILES string of the molecule is O=C(Nc1cnc2n1CCCC2)C1CC(=O)N(Cc2ccccn2)C1. The molecule has 0 aromatic carbocycles. The second-order valence-corrected chi connectivity index (χ2v) is 6.65. The van der Waals surface area contributed by atoms with Crippen LogP contribution in [-0.2, 0) is 29.1 Å². The molecule has 1 saturated heterocycles. The molecule has 2 amide bonds. The first-order valence-corrected chi connectivity index (χ1v) is 8.73. The Kier molecular flexibility index (Phi) is 4.21. The summed E-state index contributed by atoms with van der Waals surface area (Å²) in [4.78, 5) is 35.2. The third-order valence-electron chi connectivity index (χ3n) is 4.89. The number of fused-ring (bicyclic) bond motifs is 1. The Balaban J connectivity index is 1.40. The Morgan fingerprint density at radius 2 is 2.20 bits per heavy atom. The molecule has 1 N–H and O–H groups in total. The van der Waals surface area contributed by atoms with Gasteiger partial charge in [-0.25, -0.2) is 4.98 Å². The van der Waals surface area contributed by atoms with E-state index in [0.717, 1.165) is 43.1 Å². The molecule has 0 aliphatic carbocycles. The molecule has 2 aliphatic heterocycles. The number of hydrogen-bond donors (Lipinski definition) is 1. The van der Waals surface area contributed by atoms with Gasteiger partial charge in [0, 0.05) is 32.1 Å². The first kappa shape index (κ1) is 15.8. The van der Waals surface area contributed by atoms with E-state index in [9.17, 15) is 9.59 Å². The lowest BCUT2D eigenvalue weighted by Crippen LogP contribution is -2.29. The van der Waals surface area contributed by atoms with Crippen molar-refractivity contribution in [3.8, 4) is 0 Å². The van der Waals surface area contributed by atoms with Crippen LogP contribution in [0.5, 0.6) is 0 Å². The number of hydrogen-bond acceptors (Lipinski definition) is 4. The zero-order valence-corrected chi connectivity index (χ0v) is 14.0. The van der Waals surface area contributed by atoms with Crippen LogP contribution in [0.4, 0.5) is 5.82 Å². The van der Waals surface area contributed by atoms with Crippen molar-refractivity contribution in [2.24, 2.45) is 5.92 Å². The maximum Gasteiger partial charge on any atom is 0.230 e. The van der Waals surface area contributed by atoms with Crippen LogP contribution in [0.1, 0.15) is 30.8 Å².